The van der Waals surface area contributed by atoms with E-state index in [9.17, 15) is 9.59 Å². The minimum Gasteiger partial charge on any atom is -0.288 e. The number of rotatable bonds is 5. The largest absolute Gasteiger partial charge is 0.288 e. The number of hydrogen-bond acceptors (Lipinski definition) is 6. The molecule has 0 atom stereocenters. The van der Waals surface area contributed by atoms with Crippen LogP contribution < -0.4 is 0 Å². The van der Waals surface area contributed by atoms with Crippen molar-refractivity contribution >= 4 is 24.6 Å². The van der Waals surface area contributed by atoms with Crippen LogP contribution in [0.4, 0.5) is 0 Å². The summed E-state index contributed by atoms with van der Waals surface area (Å²) in [4.78, 5) is 37.0. The molecule has 6 nitrogen and oxygen atoms in total. The van der Waals surface area contributed by atoms with Gasteiger partial charge in [-0.2, -0.15) is 0 Å². The predicted octanol–water partition coefficient (Wildman–Crippen LogP) is 2.42. The van der Waals surface area contributed by atoms with Crippen LogP contribution in [0.1, 0.15) is 51.4 Å². The number of aliphatic imine (C=N–C) groups is 4. The zero-order valence-corrected chi connectivity index (χ0v) is 12.7. The van der Waals surface area contributed by atoms with Crippen molar-refractivity contribution in [3.8, 4) is 0 Å². The van der Waals surface area contributed by atoms with Crippen molar-refractivity contribution in [3.05, 3.63) is 0 Å². The van der Waals surface area contributed by atoms with Crippen molar-refractivity contribution in [1.29, 1.82) is 0 Å². The first-order valence-electron chi connectivity index (χ1n) is 8.00. The summed E-state index contributed by atoms with van der Waals surface area (Å²) in [5.41, 5.74) is 0. The second-order valence-corrected chi connectivity index (χ2v) is 5.96. The van der Waals surface area contributed by atoms with Crippen LogP contribution >= 0.6 is 0 Å². The molecule has 6 heteroatoms. The molecular formula is C16H22N4O2. The summed E-state index contributed by atoms with van der Waals surface area (Å²) in [7, 11) is 0. The van der Waals surface area contributed by atoms with Gasteiger partial charge in [0, 0.05) is 12.4 Å². The van der Waals surface area contributed by atoms with Gasteiger partial charge in [-0.1, -0.05) is 0 Å². The molecular weight excluding hydrogens is 280 g/mol. The lowest BCUT2D eigenvalue weighted by Gasteiger charge is -2.22. The van der Waals surface area contributed by atoms with Crippen molar-refractivity contribution in [2.75, 3.05) is 0 Å². The third-order valence-electron chi connectivity index (χ3n) is 4.46. The van der Waals surface area contributed by atoms with Crippen LogP contribution in [-0.4, -0.2) is 48.8 Å². The molecule has 0 aromatic heterocycles. The van der Waals surface area contributed by atoms with Gasteiger partial charge in [-0.25, -0.2) is 19.6 Å². The minimum absolute atomic E-state index is 0.141. The smallest absolute Gasteiger partial charge is 0.235 e. The van der Waals surface area contributed by atoms with Gasteiger partial charge in [0.05, 0.1) is 24.2 Å². The minimum atomic E-state index is 0.141. The Morgan fingerprint density at radius 3 is 1.23 bits per heavy atom. The summed E-state index contributed by atoms with van der Waals surface area (Å²) in [5, 5.41) is 0. The zero-order valence-electron chi connectivity index (χ0n) is 12.7. The van der Waals surface area contributed by atoms with E-state index in [1.807, 2.05) is 0 Å². The summed E-state index contributed by atoms with van der Waals surface area (Å²) in [6.45, 7) is 0. The van der Waals surface area contributed by atoms with E-state index in [-0.39, 0.29) is 12.1 Å². The topological polar surface area (TPSA) is 83.6 Å². The lowest BCUT2D eigenvalue weighted by Crippen LogP contribution is -2.20. The summed E-state index contributed by atoms with van der Waals surface area (Å²) < 4.78 is 0. The third kappa shape index (κ3) is 5.47. The lowest BCUT2D eigenvalue weighted by molar-refractivity contribution is 0.396. The quantitative estimate of drug-likeness (QED) is 0.577. The Balaban J connectivity index is 1.67. The van der Waals surface area contributed by atoms with Crippen LogP contribution in [0.3, 0.4) is 0 Å². The second kappa shape index (κ2) is 9.19. The Morgan fingerprint density at radius 2 is 0.909 bits per heavy atom. The van der Waals surface area contributed by atoms with Crippen molar-refractivity contribution in [2.45, 2.75) is 75.5 Å². The molecule has 118 valence electrons. The highest BCUT2D eigenvalue weighted by molar-refractivity contribution is 6.16. The number of nitrogens with zero attached hydrogens (tertiary/aromatic N) is 4. The molecule has 22 heavy (non-hydrogen) atoms. The maximum absolute atomic E-state index is 10.2. The van der Waals surface area contributed by atoms with E-state index in [0.717, 1.165) is 51.4 Å². The monoisotopic (exact) mass is 302 g/mol. The Hall–Kier alpha value is -1.90. The van der Waals surface area contributed by atoms with E-state index in [1.54, 1.807) is 24.6 Å². The standard InChI is InChI=1S/C16H22N4O2/c21-11-19-15-5-1-13(2-6-15)17-9-10-18-14-3-7-16(8-4-14)20-12-22/h9-10,13-16H,1-8H2. The van der Waals surface area contributed by atoms with Gasteiger partial charge in [-0.3, -0.25) is 9.98 Å². The number of carbonyl (C=O) groups excluding carboxylic acids is 2. The molecule has 0 aromatic rings. The first-order valence-corrected chi connectivity index (χ1v) is 8.00. The molecule has 0 radical (unpaired) electrons. The summed E-state index contributed by atoms with van der Waals surface area (Å²) >= 11 is 0. The van der Waals surface area contributed by atoms with Crippen LogP contribution in [0.15, 0.2) is 20.0 Å². The maximum atomic E-state index is 10.2. The van der Waals surface area contributed by atoms with E-state index in [0.29, 0.717) is 12.1 Å². The van der Waals surface area contributed by atoms with E-state index < -0.39 is 0 Å². The molecule has 2 rings (SSSR count). The van der Waals surface area contributed by atoms with Crippen molar-refractivity contribution in [1.82, 2.24) is 0 Å². The highest BCUT2D eigenvalue weighted by Crippen LogP contribution is 2.24. The first kappa shape index (κ1) is 16.5. The average Bonchev–Trinajstić information content (AvgIpc) is 2.55. The summed E-state index contributed by atoms with van der Waals surface area (Å²) in [6.07, 6.45) is 14.4. The molecule has 0 N–H and O–H groups in total. The SMILES string of the molecule is O=C=NC1CCC(N=CC=NC2CCC(N=C=O)CC2)CC1. The summed E-state index contributed by atoms with van der Waals surface area (Å²) in [6, 6.07) is 0.924. The molecule has 0 amide bonds. The molecule has 0 saturated heterocycles. The van der Waals surface area contributed by atoms with Crippen LogP contribution in [-0.2, 0) is 9.59 Å². The van der Waals surface area contributed by atoms with Gasteiger partial charge in [-0.05, 0) is 51.4 Å². The molecule has 0 heterocycles. The van der Waals surface area contributed by atoms with Gasteiger partial charge < -0.3 is 0 Å². The highest BCUT2D eigenvalue weighted by atomic mass is 16.1. The van der Waals surface area contributed by atoms with Crippen molar-refractivity contribution < 1.29 is 9.59 Å². The maximum Gasteiger partial charge on any atom is 0.235 e. The molecule has 2 aliphatic rings. The third-order valence-corrected chi connectivity index (χ3v) is 4.46. The number of isocyanates is 2. The molecule has 0 spiro atoms. The molecule has 2 fully saturated rings. The molecule has 0 aliphatic heterocycles. The van der Waals surface area contributed by atoms with E-state index in [4.69, 9.17) is 0 Å². The Morgan fingerprint density at radius 1 is 0.591 bits per heavy atom. The molecule has 0 aromatic carbocycles. The predicted molar refractivity (Wildman–Crippen MR) is 85.3 cm³/mol. The van der Waals surface area contributed by atoms with E-state index in [2.05, 4.69) is 20.0 Å². The fourth-order valence-electron chi connectivity index (χ4n) is 3.14. The molecule has 0 bridgehead atoms. The Labute approximate surface area is 130 Å². The fourth-order valence-corrected chi connectivity index (χ4v) is 3.14. The van der Waals surface area contributed by atoms with Crippen LogP contribution in [0, 0.1) is 0 Å². The van der Waals surface area contributed by atoms with Crippen LogP contribution in [0.25, 0.3) is 0 Å². The molecule has 2 aliphatic carbocycles. The van der Waals surface area contributed by atoms with Crippen molar-refractivity contribution in [2.24, 2.45) is 20.0 Å². The second-order valence-electron chi connectivity index (χ2n) is 5.96. The van der Waals surface area contributed by atoms with Gasteiger partial charge in [0.2, 0.25) is 12.2 Å². The van der Waals surface area contributed by atoms with Gasteiger partial charge >= 0.3 is 0 Å². The van der Waals surface area contributed by atoms with Crippen LogP contribution in [0.2, 0.25) is 0 Å². The van der Waals surface area contributed by atoms with Gasteiger partial charge in [0.1, 0.15) is 0 Å². The first-order chi connectivity index (χ1) is 10.8. The zero-order chi connectivity index (χ0) is 15.6. The Bertz CT molecular complexity index is 442. The van der Waals surface area contributed by atoms with E-state index >= 15 is 0 Å². The van der Waals surface area contributed by atoms with Gasteiger partial charge in [0.15, 0.2) is 0 Å². The normalized spacial score (nSPS) is 32.5. The lowest BCUT2D eigenvalue weighted by atomic mass is 9.92. The average molecular weight is 302 g/mol. The number of hydrogen-bond donors (Lipinski definition) is 0. The van der Waals surface area contributed by atoms with Gasteiger partial charge in [0.25, 0.3) is 0 Å². The van der Waals surface area contributed by atoms with Crippen LogP contribution in [0.5, 0.6) is 0 Å². The van der Waals surface area contributed by atoms with E-state index in [1.165, 1.54) is 0 Å². The van der Waals surface area contributed by atoms with Gasteiger partial charge in [-0.15, -0.1) is 0 Å². The fraction of sp³-hybridized carbons (Fsp3) is 0.750. The molecule has 2 saturated carbocycles. The van der Waals surface area contributed by atoms with Crippen molar-refractivity contribution in [3.63, 3.8) is 0 Å². The summed E-state index contributed by atoms with van der Waals surface area (Å²) in [5.74, 6) is 0. The Kier molecular flexibility index (Phi) is 6.88. The highest BCUT2D eigenvalue weighted by Gasteiger charge is 2.20. The molecule has 0 unspecified atom stereocenters.